The molecule has 0 spiro atoms. The summed E-state index contributed by atoms with van der Waals surface area (Å²) in [5, 5.41) is 0. The first kappa shape index (κ1) is 23.1. The summed E-state index contributed by atoms with van der Waals surface area (Å²) in [7, 11) is -9.86. The van der Waals surface area contributed by atoms with Crippen molar-refractivity contribution in [3.63, 3.8) is 0 Å². The van der Waals surface area contributed by atoms with Crippen LogP contribution in [0.1, 0.15) is 41.5 Å². The first-order chi connectivity index (χ1) is 11.5. The molecule has 0 bridgehead atoms. The molecule has 0 atom stereocenters. The second-order valence-corrected chi connectivity index (χ2v) is 23.7. The third-order valence-electron chi connectivity index (χ3n) is 4.95. The molecule has 6 nitrogen and oxygen atoms in total. The first-order valence-corrected chi connectivity index (χ1v) is 19.5. The lowest BCUT2D eigenvalue weighted by molar-refractivity contribution is 0.259. The topological polar surface area (TPSA) is 55.4 Å². The molecule has 1 rings (SSSR count). The Bertz CT molecular complexity index is 323. The molecule has 0 aliphatic carbocycles. The van der Waals surface area contributed by atoms with Gasteiger partial charge in [-0.25, -0.2) is 0 Å². The molecular formula is C12H36O6Si6. The molecule has 1 saturated heterocycles. The fourth-order valence-electron chi connectivity index (χ4n) is 2.92. The molecule has 0 radical (unpaired) electrons. The van der Waals surface area contributed by atoms with Crippen molar-refractivity contribution in [3.8, 4) is 0 Å². The molecule has 0 aromatic carbocycles. The molecule has 0 aromatic rings. The summed E-state index contributed by atoms with van der Waals surface area (Å²) in [6.45, 7) is 13.1. The smallest absolute Gasteiger partial charge is 0.320 e. The Labute approximate surface area is 158 Å². The van der Waals surface area contributed by atoms with Gasteiger partial charge < -0.3 is 24.7 Å². The molecule has 0 N–H and O–H groups in total. The van der Waals surface area contributed by atoms with Crippen molar-refractivity contribution in [2.45, 2.75) is 77.8 Å². The normalized spacial score (nSPS) is 27.8. The summed E-state index contributed by atoms with van der Waals surface area (Å²) in [5.74, 6) is 0. The molecule has 1 fully saturated rings. The van der Waals surface area contributed by atoms with Gasteiger partial charge in [-0.15, -0.1) is 0 Å². The molecule has 24 heavy (non-hydrogen) atoms. The predicted octanol–water partition coefficient (Wildman–Crippen LogP) is 1.54. The summed E-state index contributed by atoms with van der Waals surface area (Å²) < 4.78 is 38.0. The zero-order chi connectivity index (χ0) is 18.1. The van der Waals surface area contributed by atoms with Gasteiger partial charge >= 0.3 is 25.7 Å². The highest BCUT2D eigenvalue weighted by Gasteiger charge is 2.50. The summed E-state index contributed by atoms with van der Waals surface area (Å²) in [6, 6.07) is 5.68. The van der Waals surface area contributed by atoms with Crippen LogP contribution in [-0.4, -0.2) is 55.7 Å². The summed E-state index contributed by atoms with van der Waals surface area (Å²) in [6.07, 6.45) is 0. The van der Waals surface area contributed by atoms with Crippen molar-refractivity contribution in [2.24, 2.45) is 0 Å². The van der Waals surface area contributed by atoms with Gasteiger partial charge in [0, 0.05) is 0 Å². The van der Waals surface area contributed by atoms with Crippen LogP contribution in [0, 0.1) is 0 Å². The van der Waals surface area contributed by atoms with E-state index < -0.39 is 55.7 Å². The SMILES string of the molecule is CC[Si]1(CC)O[SiH2]O[SiH2]O[SiH2]O[Si](CC)(CC)O[Si](CC)(CC)O1. The highest BCUT2D eigenvalue weighted by molar-refractivity contribution is 6.88. The molecule has 12 heteroatoms. The van der Waals surface area contributed by atoms with Crippen LogP contribution in [0.4, 0.5) is 0 Å². The van der Waals surface area contributed by atoms with Gasteiger partial charge in [0.05, 0.1) is 0 Å². The van der Waals surface area contributed by atoms with Crippen LogP contribution in [-0.2, 0) is 24.7 Å². The van der Waals surface area contributed by atoms with Crippen LogP contribution in [0.25, 0.3) is 0 Å². The zero-order valence-corrected chi connectivity index (χ0v) is 23.6. The quantitative estimate of drug-likeness (QED) is 0.579. The second kappa shape index (κ2) is 11.0. The van der Waals surface area contributed by atoms with Crippen LogP contribution < -0.4 is 0 Å². The van der Waals surface area contributed by atoms with E-state index >= 15 is 0 Å². The summed E-state index contributed by atoms with van der Waals surface area (Å²) >= 11 is 0. The van der Waals surface area contributed by atoms with Gasteiger partial charge in [0.2, 0.25) is 0 Å². The molecule has 1 aliphatic heterocycles. The van der Waals surface area contributed by atoms with Crippen LogP contribution in [0.3, 0.4) is 0 Å². The largest absolute Gasteiger partial charge is 0.425 e. The van der Waals surface area contributed by atoms with E-state index in [-0.39, 0.29) is 0 Å². The molecule has 0 amide bonds. The maximum atomic E-state index is 6.89. The highest BCUT2D eigenvalue weighted by Crippen LogP contribution is 2.33. The fraction of sp³-hybridized carbons (Fsp3) is 1.00. The molecule has 0 saturated carbocycles. The lowest BCUT2D eigenvalue weighted by atomic mass is 10.9. The van der Waals surface area contributed by atoms with E-state index in [0.29, 0.717) is 0 Å². The van der Waals surface area contributed by atoms with Crippen LogP contribution in [0.2, 0.25) is 36.3 Å². The monoisotopic (exact) mass is 444 g/mol. The van der Waals surface area contributed by atoms with E-state index in [4.69, 9.17) is 24.7 Å². The minimum atomic E-state index is -2.34. The van der Waals surface area contributed by atoms with Crippen molar-refractivity contribution in [2.75, 3.05) is 0 Å². The van der Waals surface area contributed by atoms with Gasteiger partial charge in [-0.1, -0.05) is 41.5 Å². The predicted molar refractivity (Wildman–Crippen MR) is 112 cm³/mol. The van der Waals surface area contributed by atoms with E-state index in [0.717, 1.165) is 36.3 Å². The molecule has 0 aromatic heterocycles. The van der Waals surface area contributed by atoms with Gasteiger partial charge in [0.1, 0.15) is 0 Å². The number of hydrogen-bond donors (Lipinski definition) is 0. The van der Waals surface area contributed by atoms with E-state index in [1.165, 1.54) is 0 Å². The Kier molecular flexibility index (Phi) is 10.6. The Morgan fingerprint density at radius 3 is 1.12 bits per heavy atom. The van der Waals surface area contributed by atoms with E-state index in [1.54, 1.807) is 0 Å². The van der Waals surface area contributed by atoms with Gasteiger partial charge in [-0.3, -0.25) is 0 Å². The lowest BCUT2D eigenvalue weighted by Crippen LogP contribution is -2.61. The molecular weight excluding hydrogens is 409 g/mol. The van der Waals surface area contributed by atoms with Crippen LogP contribution in [0.5, 0.6) is 0 Å². The lowest BCUT2D eigenvalue weighted by Gasteiger charge is -2.44. The molecule has 0 unspecified atom stereocenters. The van der Waals surface area contributed by atoms with Crippen LogP contribution in [0.15, 0.2) is 0 Å². The van der Waals surface area contributed by atoms with E-state index in [9.17, 15) is 0 Å². The molecule has 144 valence electrons. The average Bonchev–Trinajstić information content (AvgIpc) is 2.63. The maximum Gasteiger partial charge on any atom is 0.320 e. The maximum absolute atomic E-state index is 6.89. The van der Waals surface area contributed by atoms with Crippen molar-refractivity contribution in [1.82, 2.24) is 0 Å². The molecule has 1 aliphatic rings. The van der Waals surface area contributed by atoms with Crippen molar-refractivity contribution in [3.05, 3.63) is 0 Å². The number of rotatable bonds is 6. The second-order valence-electron chi connectivity index (χ2n) is 6.11. The van der Waals surface area contributed by atoms with Crippen molar-refractivity contribution < 1.29 is 24.7 Å². The van der Waals surface area contributed by atoms with Gasteiger partial charge in [-0.2, -0.15) is 0 Å². The van der Waals surface area contributed by atoms with E-state index in [2.05, 4.69) is 41.5 Å². The Morgan fingerprint density at radius 1 is 0.500 bits per heavy atom. The minimum Gasteiger partial charge on any atom is -0.425 e. The number of hydrogen-bond acceptors (Lipinski definition) is 6. The first-order valence-electron chi connectivity index (χ1n) is 9.32. The Morgan fingerprint density at radius 2 is 0.833 bits per heavy atom. The Hall–Kier alpha value is 1.06. The molecule has 1 heterocycles. The van der Waals surface area contributed by atoms with E-state index in [1.807, 2.05) is 0 Å². The third-order valence-corrected chi connectivity index (χ3v) is 25.2. The fourth-order valence-corrected chi connectivity index (χ4v) is 25.8. The third kappa shape index (κ3) is 6.05. The van der Waals surface area contributed by atoms with Gasteiger partial charge in [0.15, 0.2) is 0 Å². The van der Waals surface area contributed by atoms with Gasteiger partial charge in [0.25, 0.3) is 30.0 Å². The highest BCUT2D eigenvalue weighted by atomic mass is 28.5. The van der Waals surface area contributed by atoms with Crippen molar-refractivity contribution in [1.29, 1.82) is 0 Å². The minimum absolute atomic E-state index is 0.944. The van der Waals surface area contributed by atoms with Crippen LogP contribution >= 0.6 is 0 Å². The van der Waals surface area contributed by atoms with Gasteiger partial charge in [-0.05, 0) is 36.3 Å². The zero-order valence-electron chi connectivity index (χ0n) is 16.3. The summed E-state index contributed by atoms with van der Waals surface area (Å²) in [4.78, 5) is 0. The van der Waals surface area contributed by atoms with Crippen molar-refractivity contribution >= 4 is 55.7 Å². The Balaban J connectivity index is 3.17. The average molecular weight is 445 g/mol. The summed E-state index contributed by atoms with van der Waals surface area (Å²) in [5.41, 5.74) is 0. The standard InChI is InChI=1S/C12H36O6Si6/c1-7-22(8-2)15-20-13-19-14-21-16-23(9-3,10-4)18-24(11-5,12-6)17-22/h7-12,19-21H2,1-6H3.